The molecule has 0 aromatic carbocycles. The molecule has 0 N–H and O–H groups in total. The summed E-state index contributed by atoms with van der Waals surface area (Å²) in [6.45, 7) is 2.63. The highest BCUT2D eigenvalue weighted by Gasteiger charge is 2.36. The quantitative estimate of drug-likeness (QED) is 0.854. The lowest BCUT2D eigenvalue weighted by Crippen LogP contribution is -2.45. The van der Waals surface area contributed by atoms with Crippen molar-refractivity contribution in [3.8, 4) is 0 Å². The number of aryl methyl sites for hydroxylation is 1. The molecule has 0 bridgehead atoms. The molecule has 1 amide bonds. The monoisotopic (exact) mass is 295 g/mol. The molecule has 19 heavy (non-hydrogen) atoms. The van der Waals surface area contributed by atoms with Crippen LogP contribution in [0.2, 0.25) is 5.02 Å². The van der Waals surface area contributed by atoms with E-state index in [1.165, 1.54) is 4.88 Å². The van der Waals surface area contributed by atoms with Crippen LogP contribution in [0.15, 0.2) is 17.5 Å². The van der Waals surface area contributed by atoms with Crippen LogP contribution in [0, 0.1) is 6.92 Å². The highest BCUT2D eigenvalue weighted by Crippen LogP contribution is 2.37. The Balaban J connectivity index is 1.87. The van der Waals surface area contributed by atoms with Crippen molar-refractivity contribution in [2.45, 2.75) is 19.4 Å². The van der Waals surface area contributed by atoms with Crippen molar-refractivity contribution >= 4 is 28.8 Å². The van der Waals surface area contributed by atoms with Gasteiger partial charge >= 0.3 is 0 Å². The number of hydrogen-bond donors (Lipinski definition) is 0. The number of aromatic nitrogens is 2. The fourth-order valence-corrected chi connectivity index (χ4v) is 3.38. The summed E-state index contributed by atoms with van der Waals surface area (Å²) in [6, 6.07) is 4.27. The van der Waals surface area contributed by atoms with Crippen LogP contribution in [0.4, 0.5) is 0 Å². The minimum atomic E-state index is -0.0710. The van der Waals surface area contributed by atoms with E-state index in [1.807, 2.05) is 23.3 Å². The Labute approximate surface area is 120 Å². The third-order valence-corrected chi connectivity index (χ3v) is 5.04. The zero-order chi connectivity index (χ0) is 13.6. The van der Waals surface area contributed by atoms with Gasteiger partial charge in [-0.1, -0.05) is 17.7 Å². The van der Waals surface area contributed by atoms with Crippen molar-refractivity contribution < 1.29 is 4.79 Å². The van der Waals surface area contributed by atoms with Gasteiger partial charge in [-0.3, -0.25) is 9.48 Å². The lowest BCUT2D eigenvalue weighted by atomic mass is 10.0. The number of rotatable bonds is 2. The standard InChI is InChI=1S/C13H14ClN3OS/c1-8-11(14)12(15-16(8)2)13(18)17-6-5-9(17)10-4-3-7-19-10/h3-4,7,9H,5-6H2,1-2H3/t9-/m1/s1. The Morgan fingerprint density at radius 3 is 2.84 bits per heavy atom. The summed E-state index contributed by atoms with van der Waals surface area (Å²) >= 11 is 7.86. The molecule has 1 atom stereocenters. The molecule has 1 fully saturated rings. The molecular weight excluding hydrogens is 282 g/mol. The first kappa shape index (κ1) is 12.7. The van der Waals surface area contributed by atoms with Crippen molar-refractivity contribution in [2.75, 3.05) is 6.54 Å². The van der Waals surface area contributed by atoms with E-state index in [1.54, 1.807) is 23.1 Å². The highest BCUT2D eigenvalue weighted by molar-refractivity contribution is 7.10. The van der Waals surface area contributed by atoms with Crippen LogP contribution in [0.1, 0.15) is 33.5 Å². The lowest BCUT2D eigenvalue weighted by Gasteiger charge is -2.40. The van der Waals surface area contributed by atoms with Crippen molar-refractivity contribution in [1.29, 1.82) is 0 Å². The maximum absolute atomic E-state index is 12.5. The number of carbonyl (C=O) groups is 1. The average molecular weight is 296 g/mol. The second-order valence-corrected chi connectivity index (χ2v) is 6.05. The van der Waals surface area contributed by atoms with E-state index in [4.69, 9.17) is 11.6 Å². The number of carbonyl (C=O) groups excluding carboxylic acids is 1. The molecule has 0 saturated carbocycles. The van der Waals surface area contributed by atoms with Crippen molar-refractivity contribution in [1.82, 2.24) is 14.7 Å². The first-order chi connectivity index (χ1) is 9.09. The van der Waals surface area contributed by atoms with Gasteiger partial charge in [-0.15, -0.1) is 11.3 Å². The molecule has 0 radical (unpaired) electrons. The van der Waals surface area contributed by atoms with Crippen LogP contribution < -0.4 is 0 Å². The van der Waals surface area contributed by atoms with Gasteiger partial charge in [-0.25, -0.2) is 0 Å². The average Bonchev–Trinajstić information content (AvgIpc) is 2.93. The Morgan fingerprint density at radius 1 is 1.58 bits per heavy atom. The minimum Gasteiger partial charge on any atom is -0.329 e. The number of halogens is 1. The van der Waals surface area contributed by atoms with E-state index in [0.717, 1.165) is 18.7 Å². The highest BCUT2D eigenvalue weighted by atomic mass is 35.5. The Bertz CT molecular complexity index is 620. The molecule has 3 heterocycles. The zero-order valence-electron chi connectivity index (χ0n) is 10.8. The first-order valence-electron chi connectivity index (χ1n) is 6.13. The van der Waals surface area contributed by atoms with Crippen LogP contribution in [0.3, 0.4) is 0 Å². The Morgan fingerprint density at radius 2 is 2.37 bits per heavy atom. The van der Waals surface area contributed by atoms with E-state index in [0.29, 0.717) is 10.7 Å². The summed E-state index contributed by atoms with van der Waals surface area (Å²) in [5.74, 6) is -0.0710. The van der Waals surface area contributed by atoms with Gasteiger partial charge in [0.05, 0.1) is 16.8 Å². The SMILES string of the molecule is Cc1c(Cl)c(C(=O)N2CC[C@@H]2c2cccs2)nn1C. The molecule has 2 aromatic rings. The maximum atomic E-state index is 12.5. The van der Waals surface area contributed by atoms with Gasteiger partial charge in [0, 0.05) is 18.5 Å². The second kappa shape index (κ2) is 4.65. The van der Waals surface area contributed by atoms with Crippen LogP contribution in [0.5, 0.6) is 0 Å². The number of nitrogens with zero attached hydrogens (tertiary/aromatic N) is 3. The van der Waals surface area contributed by atoms with E-state index in [2.05, 4.69) is 11.2 Å². The number of amides is 1. The fraction of sp³-hybridized carbons (Fsp3) is 0.385. The molecular formula is C13H14ClN3OS. The van der Waals surface area contributed by atoms with Gasteiger partial charge in [0.1, 0.15) is 0 Å². The van der Waals surface area contributed by atoms with Crippen molar-refractivity contribution in [3.63, 3.8) is 0 Å². The molecule has 3 rings (SSSR count). The first-order valence-corrected chi connectivity index (χ1v) is 7.39. The fourth-order valence-electron chi connectivity index (χ4n) is 2.26. The summed E-state index contributed by atoms with van der Waals surface area (Å²) in [4.78, 5) is 15.6. The number of likely N-dealkylation sites (tertiary alicyclic amines) is 1. The molecule has 1 aliphatic rings. The third kappa shape index (κ3) is 1.97. The van der Waals surface area contributed by atoms with E-state index < -0.39 is 0 Å². The largest absolute Gasteiger partial charge is 0.329 e. The van der Waals surface area contributed by atoms with Crippen LogP contribution in [0.25, 0.3) is 0 Å². The van der Waals surface area contributed by atoms with Crippen molar-refractivity contribution in [2.24, 2.45) is 7.05 Å². The van der Waals surface area contributed by atoms with Gasteiger partial charge < -0.3 is 4.90 Å². The maximum Gasteiger partial charge on any atom is 0.276 e. The van der Waals surface area contributed by atoms with Gasteiger partial charge in [0.15, 0.2) is 5.69 Å². The predicted octanol–water partition coefficient (Wildman–Crippen LogP) is 3.03. The Kier molecular flexibility index (Phi) is 3.11. The second-order valence-electron chi connectivity index (χ2n) is 4.69. The summed E-state index contributed by atoms with van der Waals surface area (Å²) in [6.07, 6.45) is 1.01. The normalized spacial score (nSPS) is 18.5. The molecule has 0 unspecified atom stereocenters. The zero-order valence-corrected chi connectivity index (χ0v) is 12.3. The topological polar surface area (TPSA) is 38.1 Å². The molecule has 0 aliphatic carbocycles. The van der Waals surface area contributed by atoms with Crippen LogP contribution in [-0.4, -0.2) is 27.1 Å². The number of thiophene rings is 1. The molecule has 100 valence electrons. The summed E-state index contributed by atoms with van der Waals surface area (Å²) in [7, 11) is 1.80. The van der Waals surface area contributed by atoms with Crippen molar-refractivity contribution in [3.05, 3.63) is 38.8 Å². The molecule has 0 spiro atoms. The summed E-state index contributed by atoms with van der Waals surface area (Å²) < 4.78 is 1.65. The van der Waals surface area contributed by atoms with E-state index in [-0.39, 0.29) is 11.9 Å². The Hall–Kier alpha value is -1.33. The lowest BCUT2D eigenvalue weighted by molar-refractivity contribution is 0.0461. The molecule has 6 heteroatoms. The van der Waals surface area contributed by atoms with Gasteiger partial charge in [0.25, 0.3) is 5.91 Å². The van der Waals surface area contributed by atoms with Gasteiger partial charge in [-0.05, 0) is 24.8 Å². The molecule has 4 nitrogen and oxygen atoms in total. The predicted molar refractivity (Wildman–Crippen MR) is 75.7 cm³/mol. The number of hydrogen-bond acceptors (Lipinski definition) is 3. The van der Waals surface area contributed by atoms with Crippen LogP contribution >= 0.6 is 22.9 Å². The summed E-state index contributed by atoms with van der Waals surface area (Å²) in [5.41, 5.74) is 1.18. The molecule has 2 aromatic heterocycles. The van der Waals surface area contributed by atoms with Gasteiger partial charge in [-0.2, -0.15) is 5.10 Å². The molecule has 1 saturated heterocycles. The molecule has 1 aliphatic heterocycles. The van der Waals surface area contributed by atoms with Gasteiger partial charge in [0.2, 0.25) is 0 Å². The minimum absolute atomic E-state index is 0.0710. The van der Waals surface area contributed by atoms with Crippen LogP contribution in [-0.2, 0) is 7.05 Å². The van der Waals surface area contributed by atoms with E-state index >= 15 is 0 Å². The smallest absolute Gasteiger partial charge is 0.276 e. The summed E-state index contributed by atoms with van der Waals surface area (Å²) in [5, 5.41) is 6.72. The van der Waals surface area contributed by atoms with E-state index in [9.17, 15) is 4.79 Å². The third-order valence-electron chi connectivity index (χ3n) is 3.62.